The van der Waals surface area contributed by atoms with Crippen molar-refractivity contribution in [3.8, 4) is 0 Å². The Hall–Kier alpha value is -0.820. The molecule has 0 spiro atoms. The number of rotatable bonds is 4. The molecule has 0 unspecified atom stereocenters. The molecule has 1 atom stereocenters. The van der Waals surface area contributed by atoms with E-state index in [1.165, 1.54) is 17.5 Å². The van der Waals surface area contributed by atoms with Gasteiger partial charge in [0.25, 0.3) is 0 Å². The first-order chi connectivity index (χ1) is 6.22. The predicted octanol–water partition coefficient (Wildman–Crippen LogP) is 2.52. The highest BCUT2D eigenvalue weighted by atomic mass is 14.5. The summed E-state index contributed by atoms with van der Waals surface area (Å²) in [6, 6.07) is 8.75. The SMILES string of the molecule is Cc1ccc(CC[C@H](C)CN)cc1. The van der Waals surface area contributed by atoms with Gasteiger partial charge in [0.15, 0.2) is 0 Å². The van der Waals surface area contributed by atoms with Gasteiger partial charge in [-0.1, -0.05) is 36.8 Å². The molecule has 0 fully saturated rings. The van der Waals surface area contributed by atoms with E-state index in [0.717, 1.165) is 13.0 Å². The van der Waals surface area contributed by atoms with Gasteiger partial charge in [0.05, 0.1) is 0 Å². The normalized spacial score (nSPS) is 12.8. The molecule has 0 aliphatic heterocycles. The van der Waals surface area contributed by atoms with Gasteiger partial charge in [-0.05, 0) is 37.8 Å². The largest absolute Gasteiger partial charge is 0.330 e. The van der Waals surface area contributed by atoms with Crippen molar-refractivity contribution in [2.75, 3.05) is 6.54 Å². The Labute approximate surface area is 81.0 Å². The Morgan fingerprint density at radius 3 is 2.38 bits per heavy atom. The maximum atomic E-state index is 5.56. The van der Waals surface area contributed by atoms with E-state index in [4.69, 9.17) is 5.73 Å². The van der Waals surface area contributed by atoms with Crippen LogP contribution in [0.15, 0.2) is 24.3 Å². The van der Waals surface area contributed by atoms with Crippen LogP contribution in [0.5, 0.6) is 0 Å². The minimum atomic E-state index is 0.640. The first kappa shape index (κ1) is 10.3. The number of benzene rings is 1. The van der Waals surface area contributed by atoms with Gasteiger partial charge in [-0.3, -0.25) is 0 Å². The Kier molecular flexibility index (Phi) is 3.97. The second-order valence-corrected chi connectivity index (χ2v) is 3.87. The van der Waals surface area contributed by atoms with Gasteiger partial charge in [-0.15, -0.1) is 0 Å². The van der Waals surface area contributed by atoms with Crippen molar-refractivity contribution >= 4 is 0 Å². The van der Waals surface area contributed by atoms with E-state index in [2.05, 4.69) is 38.1 Å². The fraction of sp³-hybridized carbons (Fsp3) is 0.500. The zero-order valence-electron chi connectivity index (χ0n) is 8.59. The topological polar surface area (TPSA) is 26.0 Å². The molecule has 0 amide bonds. The molecule has 1 heteroatoms. The van der Waals surface area contributed by atoms with Crippen molar-refractivity contribution in [1.82, 2.24) is 0 Å². The molecule has 1 rings (SSSR count). The summed E-state index contributed by atoms with van der Waals surface area (Å²) in [7, 11) is 0. The maximum Gasteiger partial charge on any atom is -0.00514 e. The Morgan fingerprint density at radius 1 is 1.23 bits per heavy atom. The summed E-state index contributed by atoms with van der Waals surface area (Å²) in [4.78, 5) is 0. The molecule has 0 aromatic heterocycles. The van der Waals surface area contributed by atoms with Crippen LogP contribution in [0.3, 0.4) is 0 Å². The molecule has 0 saturated heterocycles. The van der Waals surface area contributed by atoms with E-state index in [1.807, 2.05) is 0 Å². The van der Waals surface area contributed by atoms with Gasteiger partial charge in [-0.2, -0.15) is 0 Å². The molecule has 72 valence electrons. The van der Waals surface area contributed by atoms with E-state index in [9.17, 15) is 0 Å². The molecule has 0 heterocycles. The minimum absolute atomic E-state index is 0.640. The van der Waals surface area contributed by atoms with Crippen molar-refractivity contribution < 1.29 is 0 Å². The highest BCUT2D eigenvalue weighted by molar-refractivity contribution is 5.21. The number of hydrogen-bond donors (Lipinski definition) is 1. The summed E-state index contributed by atoms with van der Waals surface area (Å²) in [5.74, 6) is 0.640. The zero-order valence-corrected chi connectivity index (χ0v) is 8.59. The molecule has 0 saturated carbocycles. The molecular formula is C12H19N. The molecular weight excluding hydrogens is 158 g/mol. The van der Waals surface area contributed by atoms with Gasteiger partial charge in [0, 0.05) is 0 Å². The molecule has 1 nitrogen and oxygen atoms in total. The standard InChI is InChI=1S/C12H19N/c1-10-3-6-12(7-4-10)8-5-11(2)9-13/h3-4,6-7,11H,5,8-9,13H2,1-2H3/t11-/m0/s1. The van der Waals surface area contributed by atoms with E-state index < -0.39 is 0 Å². The summed E-state index contributed by atoms with van der Waals surface area (Å²) in [6.07, 6.45) is 2.35. The lowest BCUT2D eigenvalue weighted by atomic mass is 10.0. The Balaban J connectivity index is 2.41. The van der Waals surface area contributed by atoms with Crippen LogP contribution in [0.25, 0.3) is 0 Å². The van der Waals surface area contributed by atoms with Crippen molar-refractivity contribution in [2.24, 2.45) is 11.7 Å². The summed E-state index contributed by atoms with van der Waals surface area (Å²) in [5, 5.41) is 0. The lowest BCUT2D eigenvalue weighted by Gasteiger charge is -2.07. The molecule has 1 aromatic rings. The third-order valence-corrected chi connectivity index (χ3v) is 2.45. The average Bonchev–Trinajstić information content (AvgIpc) is 2.16. The highest BCUT2D eigenvalue weighted by Crippen LogP contribution is 2.09. The van der Waals surface area contributed by atoms with Crippen LogP contribution < -0.4 is 5.73 Å². The number of aryl methyl sites for hydroxylation is 2. The fourth-order valence-electron chi connectivity index (χ4n) is 1.29. The monoisotopic (exact) mass is 177 g/mol. The van der Waals surface area contributed by atoms with Gasteiger partial charge in [-0.25, -0.2) is 0 Å². The van der Waals surface area contributed by atoms with E-state index in [0.29, 0.717) is 5.92 Å². The molecule has 0 bridgehead atoms. The smallest absolute Gasteiger partial charge is 0.00514 e. The summed E-state index contributed by atoms with van der Waals surface area (Å²) < 4.78 is 0. The van der Waals surface area contributed by atoms with E-state index >= 15 is 0 Å². The Morgan fingerprint density at radius 2 is 1.85 bits per heavy atom. The first-order valence-corrected chi connectivity index (χ1v) is 4.98. The molecule has 2 N–H and O–H groups in total. The van der Waals surface area contributed by atoms with Gasteiger partial charge in [0.2, 0.25) is 0 Å². The third kappa shape index (κ3) is 3.60. The van der Waals surface area contributed by atoms with Crippen LogP contribution in [0.2, 0.25) is 0 Å². The van der Waals surface area contributed by atoms with E-state index in [1.54, 1.807) is 0 Å². The summed E-state index contributed by atoms with van der Waals surface area (Å²) in [5.41, 5.74) is 8.31. The fourth-order valence-corrected chi connectivity index (χ4v) is 1.29. The maximum absolute atomic E-state index is 5.56. The highest BCUT2D eigenvalue weighted by Gasteiger charge is 1.99. The number of hydrogen-bond acceptors (Lipinski definition) is 1. The minimum Gasteiger partial charge on any atom is -0.330 e. The van der Waals surface area contributed by atoms with Crippen molar-refractivity contribution in [3.63, 3.8) is 0 Å². The summed E-state index contributed by atoms with van der Waals surface area (Å²) >= 11 is 0. The molecule has 1 aromatic carbocycles. The average molecular weight is 177 g/mol. The van der Waals surface area contributed by atoms with Crippen LogP contribution >= 0.6 is 0 Å². The lowest BCUT2D eigenvalue weighted by molar-refractivity contribution is 0.544. The van der Waals surface area contributed by atoms with Crippen LogP contribution in [0, 0.1) is 12.8 Å². The second-order valence-electron chi connectivity index (χ2n) is 3.87. The molecule has 13 heavy (non-hydrogen) atoms. The van der Waals surface area contributed by atoms with Crippen LogP contribution in [0.4, 0.5) is 0 Å². The molecule has 0 aliphatic carbocycles. The second kappa shape index (κ2) is 5.03. The quantitative estimate of drug-likeness (QED) is 0.751. The first-order valence-electron chi connectivity index (χ1n) is 4.98. The molecule has 0 radical (unpaired) electrons. The van der Waals surface area contributed by atoms with Gasteiger partial charge in [0.1, 0.15) is 0 Å². The van der Waals surface area contributed by atoms with Crippen molar-refractivity contribution in [3.05, 3.63) is 35.4 Å². The van der Waals surface area contributed by atoms with Crippen molar-refractivity contribution in [2.45, 2.75) is 26.7 Å². The zero-order chi connectivity index (χ0) is 9.68. The van der Waals surface area contributed by atoms with Crippen LogP contribution in [-0.2, 0) is 6.42 Å². The molecule has 0 aliphatic rings. The van der Waals surface area contributed by atoms with Gasteiger partial charge < -0.3 is 5.73 Å². The van der Waals surface area contributed by atoms with Crippen molar-refractivity contribution in [1.29, 1.82) is 0 Å². The van der Waals surface area contributed by atoms with Crippen LogP contribution in [0.1, 0.15) is 24.5 Å². The number of nitrogens with two attached hydrogens (primary N) is 1. The summed E-state index contributed by atoms with van der Waals surface area (Å²) in [6.45, 7) is 5.12. The van der Waals surface area contributed by atoms with Crippen LogP contribution in [-0.4, -0.2) is 6.54 Å². The van der Waals surface area contributed by atoms with Gasteiger partial charge >= 0.3 is 0 Å². The predicted molar refractivity (Wildman–Crippen MR) is 57.7 cm³/mol. The lowest BCUT2D eigenvalue weighted by Crippen LogP contribution is -2.11. The van der Waals surface area contributed by atoms with E-state index in [-0.39, 0.29) is 0 Å². The Bertz CT molecular complexity index is 238. The third-order valence-electron chi connectivity index (χ3n) is 2.45.